The Labute approximate surface area is 124 Å². The summed E-state index contributed by atoms with van der Waals surface area (Å²) in [4.78, 5) is 11.4. The number of aliphatic hydroxyl groups is 1. The molecule has 0 aliphatic rings. The smallest absolute Gasteiger partial charge is 0.330 e. The number of esters is 1. The summed E-state index contributed by atoms with van der Waals surface area (Å²) in [6.07, 6.45) is 15.9. The molecule has 0 heterocycles. The van der Waals surface area contributed by atoms with E-state index in [9.17, 15) is 4.79 Å². The van der Waals surface area contributed by atoms with E-state index in [0.717, 1.165) is 38.5 Å². The topological polar surface area (TPSA) is 46.5 Å². The minimum atomic E-state index is -0.224. The average Bonchev–Trinajstić information content (AvgIpc) is 2.45. The highest BCUT2D eigenvalue weighted by Crippen LogP contribution is 2.07. The number of aliphatic hydroxyl groups excluding tert-OH is 1. The summed E-state index contributed by atoms with van der Waals surface area (Å²) in [6, 6.07) is 0. The van der Waals surface area contributed by atoms with Gasteiger partial charge in [-0.2, -0.15) is 0 Å². The van der Waals surface area contributed by atoms with Gasteiger partial charge >= 0.3 is 5.97 Å². The fourth-order valence-electron chi connectivity index (χ4n) is 2.01. The molecule has 0 unspecified atom stereocenters. The fourth-order valence-corrected chi connectivity index (χ4v) is 2.01. The summed E-state index contributed by atoms with van der Waals surface area (Å²) < 4.78 is 5.09. The number of unbranched alkanes of at least 4 members (excludes halogenated alkanes) is 9. The van der Waals surface area contributed by atoms with Gasteiger partial charge in [-0.15, -0.1) is 0 Å². The van der Waals surface area contributed by atoms with Crippen LogP contribution in [0.15, 0.2) is 12.2 Å². The number of carbonyl (C=O) groups excluding carboxylic acids is 1. The largest absolute Gasteiger partial charge is 0.463 e. The number of hydrogen-bond acceptors (Lipinski definition) is 3. The number of allylic oxidation sites excluding steroid dienone is 1. The highest BCUT2D eigenvalue weighted by molar-refractivity contribution is 5.81. The Morgan fingerprint density at radius 2 is 1.60 bits per heavy atom. The molecule has 0 rings (SSSR count). The third-order valence-electron chi connectivity index (χ3n) is 3.28. The minimum absolute atomic E-state index is 0.224. The molecule has 0 aromatic heterocycles. The first-order chi connectivity index (χ1) is 9.81. The van der Waals surface area contributed by atoms with E-state index in [2.05, 4.69) is 6.92 Å². The van der Waals surface area contributed by atoms with Crippen LogP contribution in [0.3, 0.4) is 0 Å². The summed E-state index contributed by atoms with van der Waals surface area (Å²) in [5, 5.41) is 8.62. The van der Waals surface area contributed by atoms with Crippen LogP contribution in [0.5, 0.6) is 0 Å². The molecule has 0 amide bonds. The molecule has 118 valence electrons. The van der Waals surface area contributed by atoms with Gasteiger partial charge in [-0.25, -0.2) is 4.79 Å². The Kier molecular flexibility index (Phi) is 15.6. The number of rotatable bonds is 14. The summed E-state index contributed by atoms with van der Waals surface area (Å²) in [6.45, 7) is 2.97. The van der Waals surface area contributed by atoms with E-state index in [1.807, 2.05) is 6.08 Å². The first-order valence-corrected chi connectivity index (χ1v) is 8.25. The highest BCUT2D eigenvalue weighted by Gasteiger charge is 1.96. The minimum Gasteiger partial charge on any atom is -0.463 e. The normalized spacial score (nSPS) is 11.1. The lowest BCUT2D eigenvalue weighted by atomic mass is 10.1. The van der Waals surface area contributed by atoms with Crippen LogP contribution in [-0.4, -0.2) is 24.3 Å². The van der Waals surface area contributed by atoms with Gasteiger partial charge in [0.25, 0.3) is 0 Å². The van der Waals surface area contributed by atoms with Crippen molar-refractivity contribution in [2.24, 2.45) is 0 Å². The monoisotopic (exact) mass is 284 g/mol. The van der Waals surface area contributed by atoms with Crippen molar-refractivity contribution in [3.05, 3.63) is 12.2 Å². The molecule has 3 nitrogen and oxygen atoms in total. The van der Waals surface area contributed by atoms with Crippen molar-refractivity contribution in [2.75, 3.05) is 13.2 Å². The van der Waals surface area contributed by atoms with Crippen molar-refractivity contribution < 1.29 is 14.6 Å². The lowest BCUT2D eigenvalue weighted by Crippen LogP contribution is -2.02. The molecule has 3 heteroatoms. The van der Waals surface area contributed by atoms with Gasteiger partial charge in [-0.05, 0) is 32.1 Å². The molecule has 0 aliphatic carbocycles. The van der Waals surface area contributed by atoms with Gasteiger partial charge in [0.2, 0.25) is 0 Å². The van der Waals surface area contributed by atoms with E-state index < -0.39 is 0 Å². The second-order valence-electron chi connectivity index (χ2n) is 5.26. The molecule has 0 spiro atoms. The number of carbonyl (C=O) groups is 1. The Balaban J connectivity index is 3.27. The van der Waals surface area contributed by atoms with Gasteiger partial charge in [0, 0.05) is 12.7 Å². The van der Waals surface area contributed by atoms with Crippen LogP contribution >= 0.6 is 0 Å². The van der Waals surface area contributed by atoms with Crippen molar-refractivity contribution >= 4 is 5.97 Å². The van der Waals surface area contributed by atoms with Crippen LogP contribution in [0.4, 0.5) is 0 Å². The lowest BCUT2D eigenvalue weighted by Gasteiger charge is -2.01. The SMILES string of the molecule is CCCCCCCCC=CC(=O)OCCCCCCO. The Bertz CT molecular complexity index is 236. The predicted octanol–water partition coefficient (Wildman–Crippen LogP) is 4.39. The van der Waals surface area contributed by atoms with Crippen molar-refractivity contribution in [1.29, 1.82) is 0 Å². The van der Waals surface area contributed by atoms with Gasteiger partial charge < -0.3 is 9.84 Å². The predicted molar refractivity (Wildman–Crippen MR) is 83.6 cm³/mol. The summed E-state index contributed by atoms with van der Waals surface area (Å²) >= 11 is 0. The Morgan fingerprint density at radius 1 is 0.950 bits per heavy atom. The van der Waals surface area contributed by atoms with Crippen molar-refractivity contribution in [2.45, 2.75) is 77.6 Å². The van der Waals surface area contributed by atoms with E-state index in [4.69, 9.17) is 9.84 Å². The van der Waals surface area contributed by atoms with Crippen molar-refractivity contribution in [3.8, 4) is 0 Å². The third-order valence-corrected chi connectivity index (χ3v) is 3.28. The molecule has 0 saturated carbocycles. The van der Waals surface area contributed by atoms with Gasteiger partial charge in [-0.1, -0.05) is 51.5 Å². The first kappa shape index (κ1) is 19.2. The van der Waals surface area contributed by atoms with E-state index in [1.165, 1.54) is 32.1 Å². The zero-order chi connectivity index (χ0) is 14.9. The van der Waals surface area contributed by atoms with E-state index in [0.29, 0.717) is 6.61 Å². The molecule has 0 fully saturated rings. The summed E-state index contributed by atoms with van der Waals surface area (Å²) in [5.74, 6) is -0.224. The van der Waals surface area contributed by atoms with Crippen LogP contribution in [0.2, 0.25) is 0 Å². The molecule has 1 N–H and O–H groups in total. The molecule has 0 bridgehead atoms. The van der Waals surface area contributed by atoms with Gasteiger partial charge in [-0.3, -0.25) is 0 Å². The van der Waals surface area contributed by atoms with E-state index in [-0.39, 0.29) is 12.6 Å². The van der Waals surface area contributed by atoms with Crippen LogP contribution in [0.25, 0.3) is 0 Å². The molecule has 0 saturated heterocycles. The first-order valence-electron chi connectivity index (χ1n) is 8.25. The second kappa shape index (κ2) is 16.2. The average molecular weight is 284 g/mol. The zero-order valence-electron chi connectivity index (χ0n) is 13.1. The standard InChI is InChI=1S/C17H32O3/c1-2-3-4-5-6-7-8-11-14-17(19)20-16-13-10-9-12-15-18/h11,14,18H,2-10,12-13,15-16H2,1H3. The number of hydrogen-bond donors (Lipinski definition) is 1. The van der Waals surface area contributed by atoms with Crippen LogP contribution in [0.1, 0.15) is 77.6 Å². The van der Waals surface area contributed by atoms with Gasteiger partial charge in [0.1, 0.15) is 0 Å². The van der Waals surface area contributed by atoms with Crippen molar-refractivity contribution in [3.63, 3.8) is 0 Å². The van der Waals surface area contributed by atoms with Gasteiger partial charge in [0.05, 0.1) is 6.61 Å². The molecular weight excluding hydrogens is 252 g/mol. The maximum absolute atomic E-state index is 11.4. The van der Waals surface area contributed by atoms with E-state index >= 15 is 0 Å². The highest BCUT2D eigenvalue weighted by atomic mass is 16.5. The molecule has 0 radical (unpaired) electrons. The summed E-state index contributed by atoms with van der Waals surface area (Å²) in [5.41, 5.74) is 0. The molecular formula is C17H32O3. The van der Waals surface area contributed by atoms with Crippen LogP contribution < -0.4 is 0 Å². The molecule has 0 aliphatic heterocycles. The maximum atomic E-state index is 11.4. The number of ether oxygens (including phenoxy) is 1. The zero-order valence-corrected chi connectivity index (χ0v) is 13.1. The lowest BCUT2D eigenvalue weighted by molar-refractivity contribution is -0.137. The van der Waals surface area contributed by atoms with Crippen LogP contribution in [-0.2, 0) is 9.53 Å². The summed E-state index contributed by atoms with van der Waals surface area (Å²) in [7, 11) is 0. The second-order valence-corrected chi connectivity index (χ2v) is 5.26. The fraction of sp³-hybridized carbons (Fsp3) is 0.824. The molecule has 0 aromatic carbocycles. The molecule has 0 aromatic rings. The maximum Gasteiger partial charge on any atom is 0.330 e. The molecule has 0 atom stereocenters. The quantitative estimate of drug-likeness (QED) is 0.292. The third kappa shape index (κ3) is 15.2. The van der Waals surface area contributed by atoms with E-state index in [1.54, 1.807) is 6.08 Å². The Morgan fingerprint density at radius 3 is 2.35 bits per heavy atom. The molecule has 20 heavy (non-hydrogen) atoms. The Hall–Kier alpha value is -0.830. The van der Waals surface area contributed by atoms with Crippen molar-refractivity contribution in [1.82, 2.24) is 0 Å². The van der Waals surface area contributed by atoms with Gasteiger partial charge in [0.15, 0.2) is 0 Å². The van der Waals surface area contributed by atoms with Crippen LogP contribution in [0, 0.1) is 0 Å².